The number of para-hydroxylation sites is 1. The normalized spacial score (nSPS) is 17.7. The molecule has 2 N–H and O–H groups in total. The zero-order valence-corrected chi connectivity index (χ0v) is 14.1. The predicted octanol–water partition coefficient (Wildman–Crippen LogP) is 3.15. The molecule has 2 aromatic carbocycles. The maximum atomic E-state index is 10.4. The van der Waals surface area contributed by atoms with E-state index in [-0.39, 0.29) is 13.0 Å². The minimum Gasteiger partial charge on any atom is -0.491 e. The maximum Gasteiger partial charge on any atom is 0.131 e. The van der Waals surface area contributed by atoms with Gasteiger partial charge in [0.15, 0.2) is 0 Å². The van der Waals surface area contributed by atoms with Gasteiger partial charge in [-0.05, 0) is 37.1 Å². The van der Waals surface area contributed by atoms with Crippen LogP contribution in [-0.2, 0) is 4.74 Å². The number of rotatable bonds is 7. The smallest absolute Gasteiger partial charge is 0.131 e. The lowest BCUT2D eigenvalue weighted by atomic mass is 9.88. The fourth-order valence-electron chi connectivity index (χ4n) is 2.90. The van der Waals surface area contributed by atoms with E-state index in [0.29, 0.717) is 37.6 Å². The topological polar surface area (TPSA) is 68.2 Å². The molecule has 1 heterocycles. The summed E-state index contributed by atoms with van der Waals surface area (Å²) >= 11 is 0. The Labute approximate surface area is 147 Å². The standard InChI is InChI=1S/C20H24O5/c21-16(14-20(22)9-11-23-12-10-20)15-24-18-7-4-8-19(13-18)25-17-5-2-1-3-6-17/h1-8,13,16,21-22H,9-12,14-15H2. The Morgan fingerprint density at radius 2 is 1.64 bits per heavy atom. The summed E-state index contributed by atoms with van der Waals surface area (Å²) in [4.78, 5) is 0. The van der Waals surface area contributed by atoms with Crippen molar-refractivity contribution in [3.63, 3.8) is 0 Å². The summed E-state index contributed by atoms with van der Waals surface area (Å²) in [6.45, 7) is 1.18. The van der Waals surface area contributed by atoms with Crippen LogP contribution in [0.4, 0.5) is 0 Å². The van der Waals surface area contributed by atoms with Gasteiger partial charge in [-0.1, -0.05) is 24.3 Å². The molecule has 5 heteroatoms. The first-order chi connectivity index (χ1) is 12.1. The van der Waals surface area contributed by atoms with Crippen LogP contribution in [0.15, 0.2) is 54.6 Å². The van der Waals surface area contributed by atoms with Crippen molar-refractivity contribution in [2.45, 2.75) is 31.0 Å². The summed E-state index contributed by atoms with van der Waals surface area (Å²) in [6.07, 6.45) is 0.646. The van der Waals surface area contributed by atoms with E-state index in [1.54, 1.807) is 6.07 Å². The highest BCUT2D eigenvalue weighted by Crippen LogP contribution is 2.27. The molecule has 1 fully saturated rings. The molecule has 2 aromatic rings. The summed E-state index contributed by atoms with van der Waals surface area (Å²) in [6, 6.07) is 16.8. The Kier molecular flexibility index (Phi) is 5.91. The molecule has 1 unspecified atom stereocenters. The zero-order valence-electron chi connectivity index (χ0n) is 14.1. The fourth-order valence-corrected chi connectivity index (χ4v) is 2.90. The van der Waals surface area contributed by atoms with E-state index in [1.165, 1.54) is 0 Å². The second kappa shape index (κ2) is 8.34. The fraction of sp³-hybridized carbons (Fsp3) is 0.400. The van der Waals surface area contributed by atoms with E-state index in [2.05, 4.69) is 0 Å². The number of aliphatic hydroxyl groups is 2. The van der Waals surface area contributed by atoms with Crippen LogP contribution in [0.3, 0.4) is 0 Å². The van der Waals surface area contributed by atoms with Gasteiger partial charge in [0.1, 0.15) is 23.9 Å². The Hall–Kier alpha value is -2.08. The first-order valence-electron chi connectivity index (χ1n) is 8.57. The maximum absolute atomic E-state index is 10.4. The summed E-state index contributed by atoms with van der Waals surface area (Å²) in [5, 5.41) is 20.6. The molecule has 1 aliphatic rings. The Morgan fingerprint density at radius 1 is 0.960 bits per heavy atom. The molecule has 0 radical (unpaired) electrons. The molecule has 1 aliphatic heterocycles. The van der Waals surface area contributed by atoms with Crippen molar-refractivity contribution in [1.29, 1.82) is 0 Å². The molecule has 0 aliphatic carbocycles. The highest BCUT2D eigenvalue weighted by atomic mass is 16.5. The molecule has 1 atom stereocenters. The SMILES string of the molecule is OC(COc1cccc(Oc2ccccc2)c1)CC1(O)CCOCC1. The largest absolute Gasteiger partial charge is 0.491 e. The van der Waals surface area contributed by atoms with Gasteiger partial charge in [0.25, 0.3) is 0 Å². The second-order valence-electron chi connectivity index (χ2n) is 6.40. The average molecular weight is 344 g/mol. The third-order valence-electron chi connectivity index (χ3n) is 4.27. The van der Waals surface area contributed by atoms with Crippen LogP contribution < -0.4 is 9.47 Å². The van der Waals surface area contributed by atoms with Crippen LogP contribution in [0, 0.1) is 0 Å². The van der Waals surface area contributed by atoms with Gasteiger partial charge in [-0.3, -0.25) is 0 Å². The summed E-state index contributed by atoms with van der Waals surface area (Å²) in [7, 11) is 0. The molecular weight excluding hydrogens is 320 g/mol. The first kappa shape index (κ1) is 17.7. The highest BCUT2D eigenvalue weighted by Gasteiger charge is 2.32. The molecule has 134 valence electrons. The molecule has 1 saturated heterocycles. The van der Waals surface area contributed by atoms with Gasteiger partial charge in [0.05, 0.1) is 11.7 Å². The monoisotopic (exact) mass is 344 g/mol. The summed E-state index contributed by atoms with van der Waals surface area (Å²) in [5.74, 6) is 2.04. The number of hydrogen-bond acceptors (Lipinski definition) is 5. The van der Waals surface area contributed by atoms with Gasteiger partial charge >= 0.3 is 0 Å². The van der Waals surface area contributed by atoms with Crippen LogP contribution in [0.2, 0.25) is 0 Å². The number of hydrogen-bond donors (Lipinski definition) is 2. The van der Waals surface area contributed by atoms with Gasteiger partial charge < -0.3 is 24.4 Å². The van der Waals surface area contributed by atoms with E-state index in [1.807, 2.05) is 48.5 Å². The van der Waals surface area contributed by atoms with Crippen molar-refractivity contribution in [2.24, 2.45) is 0 Å². The summed E-state index contributed by atoms with van der Waals surface area (Å²) in [5.41, 5.74) is -0.862. The van der Waals surface area contributed by atoms with Gasteiger partial charge in [0, 0.05) is 25.7 Å². The molecule has 0 spiro atoms. The third-order valence-corrected chi connectivity index (χ3v) is 4.27. The average Bonchev–Trinajstić information content (AvgIpc) is 2.61. The number of aliphatic hydroxyl groups excluding tert-OH is 1. The van der Waals surface area contributed by atoms with Crippen molar-refractivity contribution in [1.82, 2.24) is 0 Å². The van der Waals surface area contributed by atoms with E-state index in [9.17, 15) is 10.2 Å². The zero-order chi connectivity index (χ0) is 17.5. The van der Waals surface area contributed by atoms with Crippen molar-refractivity contribution in [3.05, 3.63) is 54.6 Å². The van der Waals surface area contributed by atoms with Crippen molar-refractivity contribution < 1.29 is 24.4 Å². The molecule has 0 aromatic heterocycles. The molecule has 25 heavy (non-hydrogen) atoms. The number of ether oxygens (including phenoxy) is 3. The molecule has 5 nitrogen and oxygen atoms in total. The molecule has 3 rings (SSSR count). The van der Waals surface area contributed by atoms with Crippen LogP contribution in [0.1, 0.15) is 19.3 Å². The lowest BCUT2D eigenvalue weighted by molar-refractivity contribution is -0.0906. The van der Waals surface area contributed by atoms with E-state index >= 15 is 0 Å². The minimum atomic E-state index is -0.862. The van der Waals surface area contributed by atoms with Gasteiger partial charge in [0.2, 0.25) is 0 Å². The van der Waals surface area contributed by atoms with Gasteiger partial charge in [-0.25, -0.2) is 0 Å². The molecule has 0 amide bonds. The van der Waals surface area contributed by atoms with Crippen LogP contribution in [0.25, 0.3) is 0 Å². The van der Waals surface area contributed by atoms with Crippen molar-refractivity contribution in [3.8, 4) is 17.2 Å². The summed E-state index contributed by atoms with van der Waals surface area (Å²) < 4.78 is 16.7. The van der Waals surface area contributed by atoms with Crippen molar-refractivity contribution >= 4 is 0 Å². The van der Waals surface area contributed by atoms with Gasteiger partial charge in [-0.2, -0.15) is 0 Å². The van der Waals surface area contributed by atoms with Crippen molar-refractivity contribution in [2.75, 3.05) is 19.8 Å². The first-order valence-corrected chi connectivity index (χ1v) is 8.57. The number of benzene rings is 2. The lowest BCUT2D eigenvalue weighted by Crippen LogP contribution is -2.40. The Morgan fingerprint density at radius 3 is 2.40 bits per heavy atom. The quantitative estimate of drug-likeness (QED) is 0.808. The lowest BCUT2D eigenvalue weighted by Gasteiger charge is -2.33. The molecular formula is C20H24O5. The minimum absolute atomic E-state index is 0.123. The van der Waals surface area contributed by atoms with E-state index < -0.39 is 11.7 Å². The Balaban J connectivity index is 1.51. The molecule has 0 saturated carbocycles. The van der Waals surface area contributed by atoms with Crippen LogP contribution in [0.5, 0.6) is 17.2 Å². The second-order valence-corrected chi connectivity index (χ2v) is 6.40. The van der Waals surface area contributed by atoms with Crippen LogP contribution >= 0.6 is 0 Å². The van der Waals surface area contributed by atoms with Crippen LogP contribution in [-0.4, -0.2) is 41.7 Å². The predicted molar refractivity (Wildman–Crippen MR) is 94.1 cm³/mol. The third kappa shape index (κ3) is 5.46. The van der Waals surface area contributed by atoms with E-state index in [0.717, 1.165) is 5.75 Å². The van der Waals surface area contributed by atoms with E-state index in [4.69, 9.17) is 14.2 Å². The Bertz CT molecular complexity index is 652. The highest BCUT2D eigenvalue weighted by molar-refractivity contribution is 5.36. The van der Waals surface area contributed by atoms with Gasteiger partial charge in [-0.15, -0.1) is 0 Å². The molecule has 0 bridgehead atoms.